The van der Waals surface area contributed by atoms with Crippen LogP contribution in [0.4, 0.5) is 0 Å². The predicted molar refractivity (Wildman–Crippen MR) is 113 cm³/mol. The number of nitrogens with one attached hydrogen (secondary N) is 1. The highest BCUT2D eigenvalue weighted by Gasteiger charge is 2.18. The fourth-order valence-corrected chi connectivity index (χ4v) is 3.82. The Morgan fingerprint density at radius 2 is 1.60 bits per heavy atom. The fraction of sp³-hybridized carbons (Fsp3) is 0.130. The van der Waals surface area contributed by atoms with Crippen LogP contribution in [0.25, 0.3) is 11.1 Å². The molecule has 3 aromatic carbocycles. The molecule has 0 heterocycles. The highest BCUT2D eigenvalue weighted by Crippen LogP contribution is 2.23. The van der Waals surface area contributed by atoms with Crippen LogP contribution in [0.3, 0.4) is 0 Å². The second kappa shape index (κ2) is 8.92. The average molecular weight is 423 g/mol. The van der Waals surface area contributed by atoms with E-state index in [9.17, 15) is 18.0 Å². The minimum absolute atomic E-state index is 0.117. The van der Waals surface area contributed by atoms with Gasteiger partial charge in [-0.25, -0.2) is 0 Å². The van der Waals surface area contributed by atoms with Crippen molar-refractivity contribution < 1.29 is 22.2 Å². The summed E-state index contributed by atoms with van der Waals surface area (Å²) in [7, 11) is -4.13. The van der Waals surface area contributed by atoms with E-state index < -0.39 is 16.1 Å². The lowest BCUT2D eigenvalue weighted by molar-refractivity contribution is -0.131. The molecule has 1 amide bonds. The smallest absolute Gasteiger partial charge is 0.341 e. The first-order valence-corrected chi connectivity index (χ1v) is 10.7. The molecule has 7 heteroatoms. The molecule has 0 bridgehead atoms. The topological polar surface area (TPSA) is 89.5 Å². The minimum Gasteiger partial charge on any atom is -0.348 e. The summed E-state index contributed by atoms with van der Waals surface area (Å²) in [5.41, 5.74) is 4.14. The molecule has 0 aliphatic rings. The van der Waals surface area contributed by atoms with Gasteiger partial charge in [-0.05, 0) is 53.4 Å². The Kier molecular flexibility index (Phi) is 6.32. The lowest BCUT2D eigenvalue weighted by Gasteiger charge is -2.10. The first-order chi connectivity index (χ1) is 14.3. The van der Waals surface area contributed by atoms with Gasteiger partial charge in [0, 0.05) is 19.0 Å². The van der Waals surface area contributed by atoms with E-state index in [2.05, 4.69) is 9.50 Å². The van der Waals surface area contributed by atoms with Gasteiger partial charge in [0.1, 0.15) is 4.90 Å². The summed E-state index contributed by atoms with van der Waals surface area (Å²) in [6.45, 7) is 3.45. The van der Waals surface area contributed by atoms with Crippen molar-refractivity contribution in [1.29, 1.82) is 0 Å². The summed E-state index contributed by atoms with van der Waals surface area (Å²) in [5.74, 6) is -1.10. The van der Waals surface area contributed by atoms with Gasteiger partial charge in [-0.1, -0.05) is 48.5 Å². The molecule has 0 spiro atoms. The molecule has 0 radical (unpaired) electrons. The van der Waals surface area contributed by atoms with E-state index in [0.29, 0.717) is 12.1 Å². The van der Waals surface area contributed by atoms with Crippen molar-refractivity contribution in [3.63, 3.8) is 0 Å². The highest BCUT2D eigenvalue weighted by atomic mass is 32.2. The Morgan fingerprint density at radius 1 is 0.900 bits per heavy atom. The van der Waals surface area contributed by atoms with Gasteiger partial charge in [0.15, 0.2) is 0 Å². The van der Waals surface area contributed by atoms with Gasteiger partial charge in [0.05, 0.1) is 0 Å². The molecular formula is C23H21NO5S. The molecule has 154 valence electrons. The Hall–Kier alpha value is -3.45. The van der Waals surface area contributed by atoms with Crippen LogP contribution in [0, 0.1) is 6.92 Å². The molecule has 0 unspecified atom stereocenters. The van der Waals surface area contributed by atoms with Crippen molar-refractivity contribution in [2.75, 3.05) is 0 Å². The third-order valence-electron chi connectivity index (χ3n) is 4.53. The highest BCUT2D eigenvalue weighted by molar-refractivity contribution is 7.87. The molecule has 0 aliphatic carbocycles. The van der Waals surface area contributed by atoms with Gasteiger partial charge in [-0.3, -0.25) is 9.59 Å². The van der Waals surface area contributed by atoms with E-state index in [1.807, 2.05) is 37.3 Å². The quantitative estimate of drug-likeness (QED) is 0.609. The van der Waals surface area contributed by atoms with E-state index in [4.69, 9.17) is 0 Å². The third kappa shape index (κ3) is 5.12. The number of hydrogen-bond donors (Lipinski definition) is 1. The summed E-state index contributed by atoms with van der Waals surface area (Å²) in [6.07, 6.45) is 0. The van der Waals surface area contributed by atoms with Crippen molar-refractivity contribution in [2.24, 2.45) is 0 Å². The molecule has 0 aliphatic heterocycles. The van der Waals surface area contributed by atoms with E-state index >= 15 is 0 Å². The van der Waals surface area contributed by atoms with Crippen LogP contribution in [-0.2, 0) is 25.6 Å². The molecular weight excluding hydrogens is 402 g/mol. The van der Waals surface area contributed by atoms with Crippen LogP contribution >= 0.6 is 0 Å². The van der Waals surface area contributed by atoms with Gasteiger partial charge < -0.3 is 9.50 Å². The Morgan fingerprint density at radius 3 is 2.27 bits per heavy atom. The van der Waals surface area contributed by atoms with E-state index in [1.54, 1.807) is 30.3 Å². The summed E-state index contributed by atoms with van der Waals surface area (Å²) < 4.78 is 28.3. The molecule has 0 saturated heterocycles. The SMILES string of the molecule is CC(=O)OS(=O)(=O)c1ccc(-c2cccc(C(=O)NCc3ccccc3C)c2)cc1. The van der Waals surface area contributed by atoms with Crippen molar-refractivity contribution in [3.05, 3.63) is 89.5 Å². The molecule has 0 atom stereocenters. The lowest BCUT2D eigenvalue weighted by Crippen LogP contribution is -2.23. The standard InChI is InChI=1S/C23H21NO5S/c1-16-6-3-4-7-21(16)15-24-23(26)20-9-5-8-19(14-20)18-10-12-22(13-11-18)30(27,28)29-17(2)25/h3-14H,15H2,1-2H3,(H,24,26). The Bertz CT molecular complexity index is 1180. The van der Waals surface area contributed by atoms with Gasteiger partial charge in [0.2, 0.25) is 0 Å². The maximum absolute atomic E-state index is 12.6. The van der Waals surface area contributed by atoms with Gasteiger partial charge >= 0.3 is 16.1 Å². The number of rotatable bonds is 6. The van der Waals surface area contributed by atoms with Crippen LogP contribution < -0.4 is 5.32 Å². The second-order valence-corrected chi connectivity index (χ2v) is 8.29. The molecule has 30 heavy (non-hydrogen) atoms. The third-order valence-corrected chi connectivity index (χ3v) is 5.83. The molecule has 0 aromatic heterocycles. The molecule has 0 saturated carbocycles. The monoisotopic (exact) mass is 423 g/mol. The number of hydrogen-bond acceptors (Lipinski definition) is 5. The summed E-state index contributed by atoms with van der Waals surface area (Å²) in [5, 5.41) is 2.92. The zero-order valence-corrected chi connectivity index (χ0v) is 17.4. The van der Waals surface area contributed by atoms with E-state index in [-0.39, 0.29) is 10.8 Å². The van der Waals surface area contributed by atoms with Crippen LogP contribution in [-0.4, -0.2) is 20.3 Å². The summed E-state index contributed by atoms with van der Waals surface area (Å²) >= 11 is 0. The van der Waals surface area contributed by atoms with Crippen LogP contribution in [0.2, 0.25) is 0 Å². The molecule has 6 nitrogen and oxygen atoms in total. The molecule has 0 fully saturated rings. The zero-order chi connectivity index (χ0) is 21.7. The number of benzene rings is 3. The van der Waals surface area contributed by atoms with Crippen molar-refractivity contribution >= 4 is 22.0 Å². The van der Waals surface area contributed by atoms with Gasteiger partial charge in [-0.2, -0.15) is 8.42 Å². The Labute approximate surface area is 175 Å². The van der Waals surface area contributed by atoms with Gasteiger partial charge in [0.25, 0.3) is 5.91 Å². The fourth-order valence-electron chi connectivity index (χ4n) is 2.94. The normalized spacial score (nSPS) is 11.0. The first kappa shape index (κ1) is 21.3. The summed E-state index contributed by atoms with van der Waals surface area (Å²) in [4.78, 5) is 23.4. The van der Waals surface area contributed by atoms with Crippen molar-refractivity contribution in [1.82, 2.24) is 5.32 Å². The largest absolute Gasteiger partial charge is 0.348 e. The lowest BCUT2D eigenvalue weighted by atomic mass is 10.0. The van der Waals surface area contributed by atoms with Crippen molar-refractivity contribution in [2.45, 2.75) is 25.3 Å². The minimum atomic E-state index is -4.13. The maximum Gasteiger partial charge on any atom is 0.341 e. The number of amides is 1. The number of carbonyl (C=O) groups is 2. The van der Waals surface area contributed by atoms with Crippen molar-refractivity contribution in [3.8, 4) is 11.1 Å². The molecule has 3 rings (SSSR count). The van der Waals surface area contributed by atoms with E-state index in [0.717, 1.165) is 29.2 Å². The number of carbonyl (C=O) groups excluding carboxylic acids is 2. The predicted octanol–water partition coefficient (Wildman–Crippen LogP) is 3.84. The average Bonchev–Trinajstić information content (AvgIpc) is 2.72. The van der Waals surface area contributed by atoms with Gasteiger partial charge in [-0.15, -0.1) is 0 Å². The summed E-state index contributed by atoms with van der Waals surface area (Å²) in [6, 6.07) is 20.8. The van der Waals surface area contributed by atoms with Crippen LogP contribution in [0.15, 0.2) is 77.7 Å². The molecule has 3 aromatic rings. The Balaban J connectivity index is 1.76. The molecule has 1 N–H and O–H groups in total. The van der Waals surface area contributed by atoms with Crippen LogP contribution in [0.5, 0.6) is 0 Å². The van der Waals surface area contributed by atoms with Crippen LogP contribution in [0.1, 0.15) is 28.4 Å². The maximum atomic E-state index is 12.6. The zero-order valence-electron chi connectivity index (χ0n) is 16.6. The first-order valence-electron chi connectivity index (χ1n) is 9.24. The van der Waals surface area contributed by atoms with E-state index in [1.165, 1.54) is 12.1 Å². The number of aryl methyl sites for hydroxylation is 1. The second-order valence-electron chi connectivity index (χ2n) is 6.74.